The predicted octanol–water partition coefficient (Wildman–Crippen LogP) is 0.549. The summed E-state index contributed by atoms with van der Waals surface area (Å²) in [5.74, 6) is 0.378. The first kappa shape index (κ1) is 12.2. The monoisotopic (exact) mass is 221 g/mol. The minimum Gasteiger partial charge on any atom is -0.334 e. The van der Waals surface area contributed by atoms with Crippen LogP contribution in [0, 0.1) is 5.92 Å². The zero-order valence-corrected chi connectivity index (χ0v) is 8.72. The van der Waals surface area contributed by atoms with Gasteiger partial charge in [0.2, 0.25) is 0 Å². The molecule has 0 saturated carbocycles. The van der Waals surface area contributed by atoms with Crippen LogP contribution in [0.25, 0.3) is 0 Å². The van der Waals surface area contributed by atoms with Gasteiger partial charge in [-0.1, -0.05) is 6.92 Å². The van der Waals surface area contributed by atoms with Gasteiger partial charge in [0, 0.05) is 12.6 Å². The van der Waals surface area contributed by atoms with Crippen LogP contribution in [0.15, 0.2) is 0 Å². The fourth-order valence-electron chi connectivity index (χ4n) is 1.57. The Hall–Kier alpha value is -0.910. The summed E-state index contributed by atoms with van der Waals surface area (Å²) >= 11 is 0. The summed E-state index contributed by atoms with van der Waals surface area (Å²) in [7, 11) is 0. The lowest BCUT2D eigenvalue weighted by molar-refractivity contribution is 0.145. The van der Waals surface area contributed by atoms with E-state index in [9.17, 15) is 13.6 Å². The van der Waals surface area contributed by atoms with E-state index in [4.69, 9.17) is 0 Å². The zero-order chi connectivity index (χ0) is 11.3. The molecular weight excluding hydrogens is 204 g/mol. The number of urea groups is 1. The van der Waals surface area contributed by atoms with Gasteiger partial charge < -0.3 is 16.0 Å². The SMILES string of the molecule is CC1CCNCC1NC(=O)NCC(F)F. The van der Waals surface area contributed by atoms with Crippen LogP contribution in [0.2, 0.25) is 0 Å². The highest BCUT2D eigenvalue weighted by atomic mass is 19.3. The number of carbonyl (C=O) groups excluding carboxylic acids is 1. The van der Waals surface area contributed by atoms with Crippen LogP contribution in [-0.4, -0.2) is 38.1 Å². The van der Waals surface area contributed by atoms with Gasteiger partial charge in [-0.3, -0.25) is 0 Å². The first-order valence-corrected chi connectivity index (χ1v) is 5.13. The van der Waals surface area contributed by atoms with Crippen molar-refractivity contribution in [2.75, 3.05) is 19.6 Å². The second kappa shape index (κ2) is 5.85. The lowest BCUT2D eigenvalue weighted by atomic mass is 9.95. The predicted molar refractivity (Wildman–Crippen MR) is 53.0 cm³/mol. The third-order valence-corrected chi connectivity index (χ3v) is 2.56. The minimum atomic E-state index is -2.50. The van der Waals surface area contributed by atoms with E-state index in [1.807, 2.05) is 6.92 Å². The Morgan fingerprint density at radius 3 is 2.93 bits per heavy atom. The first-order valence-electron chi connectivity index (χ1n) is 5.13. The number of hydrogen-bond donors (Lipinski definition) is 3. The molecule has 0 aromatic heterocycles. The number of rotatable bonds is 3. The van der Waals surface area contributed by atoms with Crippen molar-refractivity contribution in [1.82, 2.24) is 16.0 Å². The second-order valence-electron chi connectivity index (χ2n) is 3.82. The Balaban J connectivity index is 2.24. The van der Waals surface area contributed by atoms with Gasteiger partial charge in [0.25, 0.3) is 6.43 Å². The number of piperidine rings is 1. The topological polar surface area (TPSA) is 53.2 Å². The average molecular weight is 221 g/mol. The van der Waals surface area contributed by atoms with Gasteiger partial charge in [0.15, 0.2) is 0 Å². The zero-order valence-electron chi connectivity index (χ0n) is 8.72. The van der Waals surface area contributed by atoms with Gasteiger partial charge in [-0.25, -0.2) is 13.6 Å². The lowest BCUT2D eigenvalue weighted by Crippen LogP contribution is -2.53. The molecule has 1 saturated heterocycles. The molecule has 3 N–H and O–H groups in total. The molecule has 0 aromatic rings. The number of amides is 2. The van der Waals surface area contributed by atoms with Crippen LogP contribution >= 0.6 is 0 Å². The molecule has 0 radical (unpaired) electrons. The first-order chi connectivity index (χ1) is 7.09. The Kier molecular flexibility index (Phi) is 4.74. The maximum Gasteiger partial charge on any atom is 0.315 e. The van der Waals surface area contributed by atoms with Gasteiger partial charge >= 0.3 is 6.03 Å². The molecule has 2 unspecified atom stereocenters. The molecule has 15 heavy (non-hydrogen) atoms. The van der Waals surface area contributed by atoms with Crippen LogP contribution in [0.4, 0.5) is 13.6 Å². The Labute approximate surface area is 87.8 Å². The molecule has 1 fully saturated rings. The number of carbonyl (C=O) groups is 1. The van der Waals surface area contributed by atoms with E-state index in [2.05, 4.69) is 16.0 Å². The standard InChI is InChI=1S/C9H17F2N3O/c1-6-2-3-12-4-7(6)14-9(15)13-5-8(10)11/h6-8,12H,2-5H2,1H3,(H2,13,14,15). The average Bonchev–Trinajstić information content (AvgIpc) is 2.18. The van der Waals surface area contributed by atoms with Crippen molar-refractivity contribution in [3.8, 4) is 0 Å². The van der Waals surface area contributed by atoms with Crippen molar-refractivity contribution >= 4 is 6.03 Å². The molecule has 88 valence electrons. The molecule has 1 aliphatic heterocycles. The molecule has 1 rings (SSSR count). The molecule has 1 aliphatic rings. The smallest absolute Gasteiger partial charge is 0.315 e. The number of nitrogens with one attached hydrogen (secondary N) is 3. The van der Waals surface area contributed by atoms with Crippen molar-refractivity contribution in [2.45, 2.75) is 25.8 Å². The van der Waals surface area contributed by atoms with Crippen molar-refractivity contribution in [3.63, 3.8) is 0 Å². The van der Waals surface area contributed by atoms with Gasteiger partial charge in [0.1, 0.15) is 0 Å². The highest BCUT2D eigenvalue weighted by Crippen LogP contribution is 2.10. The molecular formula is C9H17F2N3O. The number of alkyl halides is 2. The normalized spacial score (nSPS) is 26.4. The van der Waals surface area contributed by atoms with Crippen LogP contribution < -0.4 is 16.0 Å². The highest BCUT2D eigenvalue weighted by Gasteiger charge is 2.22. The summed E-state index contributed by atoms with van der Waals surface area (Å²) in [5.41, 5.74) is 0. The summed E-state index contributed by atoms with van der Waals surface area (Å²) in [5, 5.41) is 7.95. The fraction of sp³-hybridized carbons (Fsp3) is 0.889. The minimum absolute atomic E-state index is 0.0245. The molecule has 0 aromatic carbocycles. The van der Waals surface area contributed by atoms with Gasteiger partial charge in [-0.2, -0.15) is 0 Å². The van der Waals surface area contributed by atoms with Crippen molar-refractivity contribution in [1.29, 1.82) is 0 Å². The van der Waals surface area contributed by atoms with Gasteiger partial charge in [-0.05, 0) is 18.9 Å². The van der Waals surface area contributed by atoms with E-state index >= 15 is 0 Å². The van der Waals surface area contributed by atoms with E-state index < -0.39 is 19.0 Å². The van der Waals surface area contributed by atoms with E-state index in [0.29, 0.717) is 12.5 Å². The second-order valence-corrected chi connectivity index (χ2v) is 3.82. The van der Waals surface area contributed by atoms with Crippen LogP contribution in [-0.2, 0) is 0 Å². The summed E-state index contributed by atoms with van der Waals surface area (Å²) in [6.45, 7) is 3.08. The Morgan fingerprint density at radius 2 is 2.33 bits per heavy atom. The Morgan fingerprint density at radius 1 is 1.60 bits per heavy atom. The molecule has 4 nitrogen and oxygen atoms in total. The van der Waals surface area contributed by atoms with Crippen LogP contribution in [0.3, 0.4) is 0 Å². The Bertz CT molecular complexity index is 214. The van der Waals surface area contributed by atoms with E-state index in [0.717, 1.165) is 13.0 Å². The maximum atomic E-state index is 11.8. The van der Waals surface area contributed by atoms with Gasteiger partial charge in [-0.15, -0.1) is 0 Å². The van der Waals surface area contributed by atoms with Gasteiger partial charge in [0.05, 0.1) is 6.54 Å². The lowest BCUT2D eigenvalue weighted by Gasteiger charge is -2.30. The van der Waals surface area contributed by atoms with E-state index in [-0.39, 0.29) is 6.04 Å². The number of hydrogen-bond acceptors (Lipinski definition) is 2. The summed E-state index contributed by atoms with van der Waals surface area (Å²) in [4.78, 5) is 11.2. The van der Waals surface area contributed by atoms with Crippen molar-refractivity contribution < 1.29 is 13.6 Å². The molecule has 1 heterocycles. The largest absolute Gasteiger partial charge is 0.334 e. The third kappa shape index (κ3) is 4.42. The molecule has 2 amide bonds. The molecule has 0 aliphatic carbocycles. The summed E-state index contributed by atoms with van der Waals surface area (Å²) in [6, 6.07) is -0.493. The molecule has 0 bridgehead atoms. The maximum absolute atomic E-state index is 11.8. The summed E-state index contributed by atoms with van der Waals surface area (Å²) in [6.07, 6.45) is -1.52. The molecule has 0 spiro atoms. The number of halogens is 2. The quantitative estimate of drug-likeness (QED) is 0.652. The molecule has 6 heteroatoms. The third-order valence-electron chi connectivity index (χ3n) is 2.56. The summed E-state index contributed by atoms with van der Waals surface area (Å²) < 4.78 is 23.6. The van der Waals surface area contributed by atoms with Crippen LogP contribution in [0.5, 0.6) is 0 Å². The highest BCUT2D eigenvalue weighted by molar-refractivity contribution is 5.74. The van der Waals surface area contributed by atoms with Crippen LogP contribution in [0.1, 0.15) is 13.3 Å². The fourth-order valence-corrected chi connectivity index (χ4v) is 1.57. The van der Waals surface area contributed by atoms with Crippen molar-refractivity contribution in [3.05, 3.63) is 0 Å². The van der Waals surface area contributed by atoms with E-state index in [1.54, 1.807) is 0 Å². The van der Waals surface area contributed by atoms with E-state index in [1.165, 1.54) is 0 Å². The molecule has 2 atom stereocenters. The van der Waals surface area contributed by atoms with Crippen molar-refractivity contribution in [2.24, 2.45) is 5.92 Å².